The summed E-state index contributed by atoms with van der Waals surface area (Å²) in [6.45, 7) is 4.24. The molecule has 4 nitrogen and oxygen atoms in total. The minimum atomic E-state index is -0.875. The van der Waals surface area contributed by atoms with E-state index in [9.17, 15) is 9.90 Å². The van der Waals surface area contributed by atoms with Gasteiger partial charge in [0.1, 0.15) is 5.82 Å². The highest BCUT2D eigenvalue weighted by Gasteiger charge is 2.27. The van der Waals surface area contributed by atoms with Crippen molar-refractivity contribution in [2.24, 2.45) is 5.92 Å². The Morgan fingerprint density at radius 3 is 2.80 bits per heavy atom. The quantitative estimate of drug-likeness (QED) is 0.904. The number of fused-ring (bicyclic) bond motifs is 1. The lowest BCUT2D eigenvalue weighted by molar-refractivity contribution is 0.0698. The molecule has 0 radical (unpaired) electrons. The van der Waals surface area contributed by atoms with Crippen LogP contribution in [0.15, 0.2) is 18.2 Å². The summed E-state index contributed by atoms with van der Waals surface area (Å²) in [6, 6.07) is 5.72. The van der Waals surface area contributed by atoms with E-state index in [4.69, 9.17) is 0 Å². The predicted octanol–water partition coefficient (Wildman–Crippen LogP) is 3.79. The van der Waals surface area contributed by atoms with Crippen LogP contribution in [0.4, 0.5) is 0 Å². The van der Waals surface area contributed by atoms with E-state index < -0.39 is 5.97 Å². The van der Waals surface area contributed by atoms with Gasteiger partial charge in [-0.2, -0.15) is 0 Å². The average Bonchev–Trinajstić information content (AvgIpc) is 2.75. The van der Waals surface area contributed by atoms with Crippen LogP contribution in [0, 0.1) is 12.8 Å². The van der Waals surface area contributed by atoms with Crippen LogP contribution in [0.25, 0.3) is 11.0 Å². The number of aryl methyl sites for hydroxylation is 1. The molecule has 1 aromatic heterocycles. The van der Waals surface area contributed by atoms with Gasteiger partial charge in [-0.3, -0.25) is 0 Å². The molecule has 1 fully saturated rings. The van der Waals surface area contributed by atoms with E-state index in [1.807, 2.05) is 13.0 Å². The maximum Gasteiger partial charge on any atom is 0.337 e. The molecule has 2 aromatic rings. The molecule has 1 aliphatic carbocycles. The molecule has 1 aromatic carbocycles. The summed E-state index contributed by atoms with van der Waals surface area (Å²) in [5, 5.41) is 9.44. The van der Waals surface area contributed by atoms with E-state index >= 15 is 0 Å². The molecular formula is C16H20N2O2. The lowest BCUT2D eigenvalue weighted by atomic mass is 9.85. The van der Waals surface area contributed by atoms with Gasteiger partial charge in [-0.05, 0) is 37.8 Å². The summed E-state index contributed by atoms with van der Waals surface area (Å²) in [5.74, 6) is 0.620. The van der Waals surface area contributed by atoms with Crippen LogP contribution in [-0.4, -0.2) is 20.6 Å². The van der Waals surface area contributed by atoms with Gasteiger partial charge in [-0.25, -0.2) is 9.78 Å². The molecule has 2 unspecified atom stereocenters. The zero-order chi connectivity index (χ0) is 14.3. The Hall–Kier alpha value is -1.84. The molecule has 0 amide bonds. The minimum absolute atomic E-state index is 0.362. The normalized spacial score (nSPS) is 23.1. The van der Waals surface area contributed by atoms with E-state index in [-0.39, 0.29) is 0 Å². The Kier molecular flexibility index (Phi) is 3.24. The first-order chi connectivity index (χ1) is 9.59. The first kappa shape index (κ1) is 13.2. The van der Waals surface area contributed by atoms with E-state index in [0.717, 1.165) is 23.3 Å². The molecule has 1 aliphatic rings. The van der Waals surface area contributed by atoms with Crippen molar-refractivity contribution >= 4 is 17.0 Å². The number of benzene rings is 1. The van der Waals surface area contributed by atoms with Gasteiger partial charge in [0.25, 0.3) is 0 Å². The van der Waals surface area contributed by atoms with Gasteiger partial charge < -0.3 is 9.67 Å². The smallest absolute Gasteiger partial charge is 0.337 e. The number of nitrogens with zero attached hydrogens (tertiary/aromatic N) is 2. The van der Waals surface area contributed by atoms with Crippen molar-refractivity contribution in [1.29, 1.82) is 0 Å². The third kappa shape index (κ3) is 1.99. The van der Waals surface area contributed by atoms with E-state index in [2.05, 4.69) is 16.5 Å². The third-order valence-corrected chi connectivity index (χ3v) is 4.51. The van der Waals surface area contributed by atoms with Crippen LogP contribution in [0.1, 0.15) is 54.8 Å². The van der Waals surface area contributed by atoms with Crippen LogP contribution in [-0.2, 0) is 0 Å². The molecule has 0 spiro atoms. The maximum absolute atomic E-state index is 11.5. The summed E-state index contributed by atoms with van der Waals surface area (Å²) in [4.78, 5) is 16.1. The number of hydrogen-bond donors (Lipinski definition) is 1. The van der Waals surface area contributed by atoms with Gasteiger partial charge in [-0.15, -0.1) is 0 Å². The number of aromatic nitrogens is 2. The van der Waals surface area contributed by atoms with Gasteiger partial charge >= 0.3 is 5.97 Å². The molecule has 0 saturated heterocycles. The Balaban J connectivity index is 2.23. The molecule has 20 heavy (non-hydrogen) atoms. The van der Waals surface area contributed by atoms with Crippen molar-refractivity contribution < 1.29 is 9.90 Å². The lowest BCUT2D eigenvalue weighted by Crippen LogP contribution is -2.22. The number of carbonyl (C=O) groups is 1. The van der Waals surface area contributed by atoms with Gasteiger partial charge in [0.05, 0.1) is 16.6 Å². The highest BCUT2D eigenvalue weighted by molar-refractivity contribution is 6.01. The molecular weight excluding hydrogens is 252 g/mol. The summed E-state index contributed by atoms with van der Waals surface area (Å²) in [6.07, 6.45) is 4.80. The molecule has 3 rings (SSSR count). The molecule has 4 heteroatoms. The van der Waals surface area contributed by atoms with Crippen LogP contribution < -0.4 is 0 Å². The summed E-state index contributed by atoms with van der Waals surface area (Å²) < 4.78 is 2.17. The summed E-state index contributed by atoms with van der Waals surface area (Å²) >= 11 is 0. The first-order valence-corrected chi connectivity index (χ1v) is 7.30. The second-order valence-corrected chi connectivity index (χ2v) is 5.84. The van der Waals surface area contributed by atoms with E-state index in [1.165, 1.54) is 19.3 Å². The zero-order valence-corrected chi connectivity index (χ0v) is 12.0. The molecule has 106 valence electrons. The van der Waals surface area contributed by atoms with E-state index in [0.29, 0.717) is 17.5 Å². The maximum atomic E-state index is 11.5. The van der Waals surface area contributed by atoms with Crippen molar-refractivity contribution in [3.05, 3.63) is 29.6 Å². The Morgan fingerprint density at radius 2 is 2.10 bits per heavy atom. The fourth-order valence-electron chi connectivity index (χ4n) is 3.52. The van der Waals surface area contributed by atoms with Gasteiger partial charge in [0.15, 0.2) is 0 Å². The van der Waals surface area contributed by atoms with Crippen molar-refractivity contribution in [3.8, 4) is 0 Å². The first-order valence-electron chi connectivity index (χ1n) is 7.30. The van der Waals surface area contributed by atoms with Crippen molar-refractivity contribution in [2.45, 2.75) is 45.6 Å². The summed E-state index contributed by atoms with van der Waals surface area (Å²) in [7, 11) is 0. The fraction of sp³-hybridized carbons (Fsp3) is 0.500. The van der Waals surface area contributed by atoms with Crippen LogP contribution in [0.5, 0.6) is 0 Å². The largest absolute Gasteiger partial charge is 0.478 e. The van der Waals surface area contributed by atoms with Crippen molar-refractivity contribution in [1.82, 2.24) is 9.55 Å². The number of para-hydroxylation sites is 1. The molecule has 1 heterocycles. The average molecular weight is 272 g/mol. The minimum Gasteiger partial charge on any atom is -0.478 e. The lowest BCUT2D eigenvalue weighted by Gasteiger charge is -2.31. The zero-order valence-electron chi connectivity index (χ0n) is 12.0. The highest BCUT2D eigenvalue weighted by atomic mass is 16.4. The molecule has 1 saturated carbocycles. The standard InChI is InChI=1S/C16H20N2O2/c1-10-6-3-4-9-14(10)18-11(2)17-13-8-5-7-12(15(13)18)16(19)20/h5,7-8,10,14H,3-4,6,9H2,1-2H3,(H,19,20). The summed E-state index contributed by atoms with van der Waals surface area (Å²) in [5.41, 5.74) is 1.94. The Morgan fingerprint density at radius 1 is 1.35 bits per heavy atom. The number of rotatable bonds is 2. The molecule has 0 aliphatic heterocycles. The van der Waals surface area contributed by atoms with Crippen LogP contribution in [0.3, 0.4) is 0 Å². The predicted molar refractivity (Wildman–Crippen MR) is 78.1 cm³/mol. The van der Waals surface area contributed by atoms with Gasteiger partial charge in [0.2, 0.25) is 0 Å². The second-order valence-electron chi connectivity index (χ2n) is 5.84. The number of hydrogen-bond acceptors (Lipinski definition) is 2. The van der Waals surface area contributed by atoms with E-state index in [1.54, 1.807) is 12.1 Å². The molecule has 2 atom stereocenters. The number of imidazole rings is 1. The monoisotopic (exact) mass is 272 g/mol. The Labute approximate surface area is 118 Å². The highest BCUT2D eigenvalue weighted by Crippen LogP contribution is 2.37. The number of carboxylic acid groups (broad SMARTS) is 1. The molecule has 1 N–H and O–H groups in total. The Bertz CT molecular complexity index is 660. The van der Waals surface area contributed by atoms with Gasteiger partial charge in [0, 0.05) is 6.04 Å². The topological polar surface area (TPSA) is 55.1 Å². The van der Waals surface area contributed by atoms with Crippen LogP contribution in [0.2, 0.25) is 0 Å². The van der Waals surface area contributed by atoms with Crippen LogP contribution >= 0.6 is 0 Å². The van der Waals surface area contributed by atoms with Gasteiger partial charge in [-0.1, -0.05) is 25.8 Å². The SMILES string of the molecule is Cc1nc2cccc(C(=O)O)c2n1C1CCCCC1C. The molecule has 0 bridgehead atoms. The number of aromatic carboxylic acids is 1. The fourth-order valence-corrected chi connectivity index (χ4v) is 3.52. The van der Waals surface area contributed by atoms with Crippen molar-refractivity contribution in [2.75, 3.05) is 0 Å². The number of carboxylic acids is 1. The van der Waals surface area contributed by atoms with Crippen molar-refractivity contribution in [3.63, 3.8) is 0 Å². The second kappa shape index (κ2) is 4.93. The third-order valence-electron chi connectivity index (χ3n) is 4.51.